The minimum Gasteiger partial charge on any atom is -0.256 e. The molecule has 7 heteroatoms. The van der Waals surface area contributed by atoms with E-state index in [1.54, 1.807) is 12.3 Å². The van der Waals surface area contributed by atoms with Crippen LogP contribution in [0.1, 0.15) is 5.56 Å². The van der Waals surface area contributed by atoms with E-state index in [9.17, 15) is 8.42 Å². The number of halogens is 2. The molecule has 0 saturated carbocycles. The minimum atomic E-state index is -3.77. The molecule has 0 spiro atoms. The van der Waals surface area contributed by atoms with Crippen molar-refractivity contribution in [3.63, 3.8) is 0 Å². The molecule has 0 aliphatic carbocycles. The van der Waals surface area contributed by atoms with Gasteiger partial charge in [0.1, 0.15) is 4.90 Å². The van der Waals surface area contributed by atoms with Crippen LogP contribution < -0.4 is 0 Å². The van der Waals surface area contributed by atoms with E-state index in [4.69, 9.17) is 23.2 Å². The van der Waals surface area contributed by atoms with E-state index in [0.717, 1.165) is 16.5 Å². The Morgan fingerprint density at radius 1 is 1.08 bits per heavy atom. The molecule has 1 aromatic heterocycles. The molecular weight excluding hydrogens is 367 g/mol. The molecule has 0 radical (unpaired) electrons. The normalized spacial score (nSPS) is 12.0. The summed E-state index contributed by atoms with van der Waals surface area (Å²) in [7, 11) is -2.26. The molecule has 3 rings (SSSR count). The smallest absolute Gasteiger partial charge is 0.244 e. The zero-order valence-electron chi connectivity index (χ0n) is 12.8. The largest absolute Gasteiger partial charge is 0.256 e. The lowest BCUT2D eigenvalue weighted by atomic mass is 10.1. The second-order valence-corrected chi connectivity index (χ2v) is 8.19. The molecule has 0 aliphatic heterocycles. The number of nitrogens with zero attached hydrogens (tertiary/aromatic N) is 2. The fourth-order valence-corrected chi connectivity index (χ4v) is 4.34. The van der Waals surface area contributed by atoms with Crippen molar-refractivity contribution in [1.29, 1.82) is 0 Å². The number of benzene rings is 2. The van der Waals surface area contributed by atoms with Crippen LogP contribution in [0.25, 0.3) is 10.9 Å². The quantitative estimate of drug-likeness (QED) is 0.675. The molecule has 0 fully saturated rings. The molecule has 0 unspecified atom stereocenters. The van der Waals surface area contributed by atoms with Gasteiger partial charge in [-0.1, -0.05) is 47.5 Å². The predicted molar refractivity (Wildman–Crippen MR) is 96.9 cm³/mol. The molecule has 0 aliphatic rings. The maximum absolute atomic E-state index is 12.8. The van der Waals surface area contributed by atoms with Crippen LogP contribution in [-0.2, 0) is 16.6 Å². The molecule has 124 valence electrons. The van der Waals surface area contributed by atoms with E-state index >= 15 is 0 Å². The summed E-state index contributed by atoms with van der Waals surface area (Å²) in [6.45, 7) is 0.180. The summed E-state index contributed by atoms with van der Waals surface area (Å²) >= 11 is 12.0. The fraction of sp³-hybridized carbons (Fsp3) is 0.118. The summed E-state index contributed by atoms with van der Waals surface area (Å²) in [5.74, 6) is 0. The third-order valence-electron chi connectivity index (χ3n) is 3.69. The van der Waals surface area contributed by atoms with Gasteiger partial charge in [-0.05, 0) is 29.8 Å². The first kappa shape index (κ1) is 17.2. The van der Waals surface area contributed by atoms with Gasteiger partial charge in [-0.15, -0.1) is 0 Å². The second kappa shape index (κ2) is 6.69. The van der Waals surface area contributed by atoms with Crippen molar-refractivity contribution < 1.29 is 8.42 Å². The number of hydrogen-bond acceptors (Lipinski definition) is 3. The van der Waals surface area contributed by atoms with Crippen molar-refractivity contribution in [3.05, 3.63) is 70.3 Å². The average molecular weight is 381 g/mol. The maximum atomic E-state index is 12.8. The fourth-order valence-electron chi connectivity index (χ4n) is 2.46. The third-order valence-corrected chi connectivity index (χ3v) is 6.21. The van der Waals surface area contributed by atoms with Gasteiger partial charge >= 0.3 is 0 Å². The van der Waals surface area contributed by atoms with Gasteiger partial charge in [0, 0.05) is 30.2 Å². The van der Waals surface area contributed by atoms with Crippen LogP contribution in [0.4, 0.5) is 0 Å². The summed E-state index contributed by atoms with van der Waals surface area (Å²) in [6.07, 6.45) is 1.69. The number of aromatic nitrogens is 1. The molecule has 0 bridgehead atoms. The van der Waals surface area contributed by atoms with Crippen molar-refractivity contribution in [2.24, 2.45) is 0 Å². The summed E-state index contributed by atoms with van der Waals surface area (Å²) in [5.41, 5.74) is 1.59. The van der Waals surface area contributed by atoms with Gasteiger partial charge in [-0.2, -0.15) is 4.31 Å². The Kier molecular flexibility index (Phi) is 4.78. The van der Waals surface area contributed by atoms with Crippen molar-refractivity contribution in [2.75, 3.05) is 7.05 Å². The first-order chi connectivity index (χ1) is 11.4. The molecule has 24 heavy (non-hydrogen) atoms. The van der Waals surface area contributed by atoms with E-state index < -0.39 is 10.0 Å². The standard InChI is InChI=1S/C17H14Cl2N2O2S/c1-21(24(22,23)16-10-14(18)7-8-15(16)19)11-13-5-2-4-12-6-3-9-20-17(12)13/h2-10H,11H2,1H3. The van der Waals surface area contributed by atoms with Gasteiger partial charge in [0.15, 0.2) is 0 Å². The molecule has 0 N–H and O–H groups in total. The number of hydrogen-bond donors (Lipinski definition) is 0. The van der Waals surface area contributed by atoms with Crippen LogP contribution in [0.2, 0.25) is 10.0 Å². The summed E-state index contributed by atoms with van der Waals surface area (Å²) in [5, 5.41) is 1.42. The van der Waals surface area contributed by atoms with Crippen molar-refractivity contribution in [3.8, 4) is 0 Å². The lowest BCUT2D eigenvalue weighted by molar-refractivity contribution is 0.468. The zero-order chi connectivity index (χ0) is 17.3. The Balaban J connectivity index is 1.99. The van der Waals surface area contributed by atoms with Crippen molar-refractivity contribution in [1.82, 2.24) is 9.29 Å². The maximum Gasteiger partial charge on any atom is 0.244 e. The molecule has 2 aromatic carbocycles. The highest BCUT2D eigenvalue weighted by Crippen LogP contribution is 2.28. The summed E-state index contributed by atoms with van der Waals surface area (Å²) in [4.78, 5) is 4.34. The van der Waals surface area contributed by atoms with Crippen LogP contribution >= 0.6 is 23.2 Å². The molecular formula is C17H14Cl2N2O2S. The predicted octanol–water partition coefficient (Wildman–Crippen LogP) is 4.36. The summed E-state index contributed by atoms with van der Waals surface area (Å²) in [6, 6.07) is 13.9. The lowest BCUT2D eigenvalue weighted by Crippen LogP contribution is -2.27. The van der Waals surface area contributed by atoms with Gasteiger partial charge < -0.3 is 0 Å². The second-order valence-electron chi connectivity index (χ2n) is 5.33. The van der Waals surface area contributed by atoms with Crippen LogP contribution in [0.15, 0.2) is 59.6 Å². The highest BCUT2D eigenvalue weighted by atomic mass is 35.5. The van der Waals surface area contributed by atoms with Crippen molar-refractivity contribution >= 4 is 44.1 Å². The van der Waals surface area contributed by atoms with Crippen LogP contribution in [0.5, 0.6) is 0 Å². The van der Waals surface area contributed by atoms with Crippen LogP contribution in [0, 0.1) is 0 Å². The van der Waals surface area contributed by atoms with Crippen molar-refractivity contribution in [2.45, 2.75) is 11.4 Å². The van der Waals surface area contributed by atoms with E-state index in [-0.39, 0.29) is 16.5 Å². The lowest BCUT2D eigenvalue weighted by Gasteiger charge is -2.19. The zero-order valence-corrected chi connectivity index (χ0v) is 15.1. The Morgan fingerprint density at radius 2 is 1.83 bits per heavy atom. The molecule has 3 aromatic rings. The highest BCUT2D eigenvalue weighted by Gasteiger charge is 2.24. The monoisotopic (exact) mass is 380 g/mol. The number of fused-ring (bicyclic) bond motifs is 1. The topological polar surface area (TPSA) is 50.3 Å². The Labute approximate surface area is 150 Å². The summed E-state index contributed by atoms with van der Waals surface area (Å²) < 4.78 is 26.9. The van der Waals surface area contributed by atoms with Gasteiger partial charge in [0.2, 0.25) is 10.0 Å². The van der Waals surface area contributed by atoms with Crippen LogP contribution in [-0.4, -0.2) is 24.8 Å². The third kappa shape index (κ3) is 3.26. The number of sulfonamides is 1. The SMILES string of the molecule is CN(Cc1cccc2cccnc12)S(=O)(=O)c1cc(Cl)ccc1Cl. The van der Waals surface area contributed by atoms with E-state index in [1.807, 2.05) is 30.3 Å². The van der Waals surface area contributed by atoms with Gasteiger partial charge in [-0.3, -0.25) is 4.98 Å². The van der Waals surface area contributed by atoms with Gasteiger partial charge in [0.05, 0.1) is 10.5 Å². The number of para-hydroxylation sites is 1. The molecule has 4 nitrogen and oxygen atoms in total. The first-order valence-corrected chi connectivity index (χ1v) is 9.33. The van der Waals surface area contributed by atoms with Gasteiger partial charge in [-0.25, -0.2) is 8.42 Å². The molecule has 0 saturated heterocycles. The average Bonchev–Trinajstić information content (AvgIpc) is 2.57. The molecule has 0 amide bonds. The number of pyridine rings is 1. The number of rotatable bonds is 4. The van der Waals surface area contributed by atoms with E-state index in [2.05, 4.69) is 4.98 Å². The van der Waals surface area contributed by atoms with E-state index in [0.29, 0.717) is 5.02 Å². The minimum absolute atomic E-state index is 0.00707. The first-order valence-electron chi connectivity index (χ1n) is 7.13. The van der Waals surface area contributed by atoms with E-state index in [1.165, 1.54) is 23.5 Å². The molecule has 0 atom stereocenters. The Hall–Kier alpha value is -1.66. The van der Waals surface area contributed by atoms with Crippen LogP contribution in [0.3, 0.4) is 0 Å². The highest BCUT2D eigenvalue weighted by molar-refractivity contribution is 7.89. The van der Waals surface area contributed by atoms with Gasteiger partial charge in [0.25, 0.3) is 0 Å². The molecule has 1 heterocycles. The Morgan fingerprint density at radius 3 is 2.62 bits per heavy atom. The Bertz CT molecular complexity index is 1000.